The van der Waals surface area contributed by atoms with Crippen molar-refractivity contribution in [3.05, 3.63) is 29.3 Å². The zero-order valence-corrected chi connectivity index (χ0v) is 15.3. The molecule has 0 amide bonds. The van der Waals surface area contributed by atoms with Gasteiger partial charge in [0.05, 0.1) is 13.2 Å². The van der Waals surface area contributed by atoms with Gasteiger partial charge < -0.3 is 9.84 Å². The van der Waals surface area contributed by atoms with Crippen molar-refractivity contribution in [3.8, 4) is 5.75 Å². The molecule has 1 spiro atoms. The summed E-state index contributed by atoms with van der Waals surface area (Å²) in [6.45, 7) is 2.23. The van der Waals surface area contributed by atoms with Crippen molar-refractivity contribution < 1.29 is 14.6 Å². The molecule has 1 N–H and O–H groups in total. The maximum Gasteiger partial charge on any atom is 0.139 e. The van der Waals surface area contributed by atoms with Gasteiger partial charge in [0.2, 0.25) is 0 Å². The Hall–Kier alpha value is -1.35. The molecule has 6 atom stereocenters. The number of Topliss-reactive ketones (excluding diaryl/α,β-unsaturated/α-hetero) is 1. The van der Waals surface area contributed by atoms with Crippen molar-refractivity contribution in [3.63, 3.8) is 0 Å². The van der Waals surface area contributed by atoms with Gasteiger partial charge in [-0.05, 0) is 85.0 Å². The molecule has 3 nitrogen and oxygen atoms in total. The summed E-state index contributed by atoms with van der Waals surface area (Å²) in [7, 11) is 1.73. The third-order valence-corrected chi connectivity index (χ3v) is 8.60. The van der Waals surface area contributed by atoms with E-state index in [0.29, 0.717) is 24.0 Å². The zero-order valence-electron chi connectivity index (χ0n) is 15.3. The summed E-state index contributed by atoms with van der Waals surface area (Å²) in [5.41, 5.74) is 2.73. The molecule has 0 saturated heterocycles. The molecule has 134 valence electrons. The normalized spacial score (nSPS) is 44.7. The van der Waals surface area contributed by atoms with Gasteiger partial charge in [-0.3, -0.25) is 4.79 Å². The first-order chi connectivity index (χ1) is 12.0. The summed E-state index contributed by atoms with van der Waals surface area (Å²) in [4.78, 5) is 13.0. The molecular formula is C22H28O3. The molecular weight excluding hydrogens is 312 g/mol. The fraction of sp³-hybridized carbons (Fsp3) is 0.682. The number of aliphatic hydroxyl groups excluding tert-OH is 1. The van der Waals surface area contributed by atoms with Crippen LogP contribution in [0.5, 0.6) is 5.75 Å². The third-order valence-electron chi connectivity index (χ3n) is 8.60. The number of methoxy groups -OCH3 is 1. The molecule has 3 heteroatoms. The number of benzene rings is 1. The number of aliphatic hydroxyl groups is 1. The van der Waals surface area contributed by atoms with Crippen molar-refractivity contribution in [2.24, 2.45) is 22.7 Å². The van der Waals surface area contributed by atoms with Gasteiger partial charge in [0.25, 0.3) is 0 Å². The highest BCUT2D eigenvalue weighted by molar-refractivity contribution is 5.89. The van der Waals surface area contributed by atoms with Crippen LogP contribution in [0.3, 0.4) is 0 Å². The Labute approximate surface area is 149 Å². The molecule has 5 rings (SSSR count). The number of ether oxygens (including phenoxy) is 1. The van der Waals surface area contributed by atoms with Crippen LogP contribution in [-0.2, 0) is 11.2 Å². The van der Waals surface area contributed by atoms with E-state index >= 15 is 0 Å². The highest BCUT2D eigenvalue weighted by Gasteiger charge is 2.71. The number of carbonyl (C=O) groups excluding carboxylic acids is 1. The number of rotatable bonds is 1. The monoisotopic (exact) mass is 340 g/mol. The number of hydrogen-bond acceptors (Lipinski definition) is 3. The average molecular weight is 340 g/mol. The Morgan fingerprint density at radius 2 is 2.00 bits per heavy atom. The fourth-order valence-corrected chi connectivity index (χ4v) is 7.48. The van der Waals surface area contributed by atoms with E-state index in [1.807, 2.05) is 0 Å². The number of fused-ring (bicyclic) bond motifs is 3. The molecule has 3 saturated carbocycles. The number of hydrogen-bond donors (Lipinski definition) is 1. The van der Waals surface area contributed by atoms with Gasteiger partial charge in [-0.1, -0.05) is 13.0 Å². The van der Waals surface area contributed by atoms with E-state index in [-0.39, 0.29) is 22.9 Å². The molecule has 0 aliphatic heterocycles. The second-order valence-electron chi connectivity index (χ2n) is 9.07. The summed E-state index contributed by atoms with van der Waals surface area (Å²) < 4.78 is 5.42. The molecule has 1 aromatic rings. The molecule has 3 fully saturated rings. The Morgan fingerprint density at radius 1 is 1.16 bits per heavy atom. The lowest BCUT2D eigenvalue weighted by Crippen LogP contribution is -2.53. The number of ketones is 1. The van der Waals surface area contributed by atoms with E-state index in [4.69, 9.17) is 4.74 Å². The second kappa shape index (κ2) is 5.09. The standard InChI is InChI=1S/C22H28O3/c1-21-9-7-16-15-5-4-14(25-2)11-13(15)3-6-17(16)22(21)10-8-19(23)18(22)12-20(21)24/h4-5,11,16-19,23H,3,6-10,12H2,1-2H3/t16-,17-,18+,19-,21-,22+/m1/s1. The van der Waals surface area contributed by atoms with Crippen molar-refractivity contribution >= 4 is 5.78 Å². The molecule has 0 unspecified atom stereocenters. The van der Waals surface area contributed by atoms with Crippen LogP contribution >= 0.6 is 0 Å². The van der Waals surface area contributed by atoms with Crippen LogP contribution < -0.4 is 4.74 Å². The van der Waals surface area contributed by atoms with Crippen LogP contribution in [0.2, 0.25) is 0 Å². The van der Waals surface area contributed by atoms with Crippen LogP contribution in [0.15, 0.2) is 18.2 Å². The predicted molar refractivity (Wildman–Crippen MR) is 95.7 cm³/mol. The Morgan fingerprint density at radius 3 is 2.80 bits per heavy atom. The molecule has 0 bridgehead atoms. The minimum Gasteiger partial charge on any atom is -0.497 e. The molecule has 0 aromatic heterocycles. The highest BCUT2D eigenvalue weighted by atomic mass is 16.5. The average Bonchev–Trinajstić information content (AvgIpc) is 3.07. The smallest absolute Gasteiger partial charge is 0.139 e. The summed E-state index contributed by atoms with van der Waals surface area (Å²) in [5.74, 6) is 2.65. The first-order valence-corrected chi connectivity index (χ1v) is 9.89. The molecule has 1 aromatic carbocycles. The topological polar surface area (TPSA) is 46.5 Å². The largest absolute Gasteiger partial charge is 0.497 e. The van der Waals surface area contributed by atoms with Crippen LogP contribution in [0.1, 0.15) is 62.5 Å². The van der Waals surface area contributed by atoms with Gasteiger partial charge in [0, 0.05) is 11.8 Å². The van der Waals surface area contributed by atoms with E-state index in [1.165, 1.54) is 11.1 Å². The molecule has 25 heavy (non-hydrogen) atoms. The predicted octanol–water partition coefficient (Wildman–Crippen LogP) is 3.87. The van der Waals surface area contributed by atoms with Gasteiger partial charge >= 0.3 is 0 Å². The van der Waals surface area contributed by atoms with Gasteiger partial charge in [-0.15, -0.1) is 0 Å². The van der Waals surface area contributed by atoms with Gasteiger partial charge in [0.15, 0.2) is 0 Å². The first kappa shape index (κ1) is 15.9. The minimum atomic E-state index is -0.276. The Kier molecular flexibility index (Phi) is 3.23. The molecule has 4 aliphatic rings. The van der Waals surface area contributed by atoms with Crippen molar-refractivity contribution in [2.75, 3.05) is 7.11 Å². The van der Waals surface area contributed by atoms with E-state index in [0.717, 1.165) is 44.3 Å². The van der Waals surface area contributed by atoms with E-state index < -0.39 is 0 Å². The van der Waals surface area contributed by atoms with Crippen LogP contribution in [0, 0.1) is 22.7 Å². The molecule has 0 radical (unpaired) electrons. The van der Waals surface area contributed by atoms with Gasteiger partial charge in [-0.2, -0.15) is 0 Å². The summed E-state index contributed by atoms with van der Waals surface area (Å²) >= 11 is 0. The van der Waals surface area contributed by atoms with Crippen molar-refractivity contribution in [1.82, 2.24) is 0 Å². The maximum atomic E-state index is 13.0. The maximum absolute atomic E-state index is 13.0. The van der Waals surface area contributed by atoms with Gasteiger partial charge in [0.1, 0.15) is 11.5 Å². The summed E-state index contributed by atoms with van der Waals surface area (Å²) in [6, 6.07) is 6.56. The minimum absolute atomic E-state index is 0.0318. The highest BCUT2D eigenvalue weighted by Crippen LogP contribution is 2.73. The van der Waals surface area contributed by atoms with Crippen molar-refractivity contribution in [2.45, 2.75) is 63.9 Å². The van der Waals surface area contributed by atoms with Crippen LogP contribution in [0.4, 0.5) is 0 Å². The van der Waals surface area contributed by atoms with E-state index in [2.05, 4.69) is 25.1 Å². The lowest BCUT2D eigenvalue weighted by molar-refractivity contribution is -0.137. The first-order valence-electron chi connectivity index (χ1n) is 9.89. The van der Waals surface area contributed by atoms with E-state index in [1.54, 1.807) is 7.11 Å². The summed E-state index contributed by atoms with van der Waals surface area (Å²) in [6.07, 6.45) is 6.57. The zero-order chi connectivity index (χ0) is 17.4. The van der Waals surface area contributed by atoms with Gasteiger partial charge in [-0.25, -0.2) is 0 Å². The van der Waals surface area contributed by atoms with Crippen molar-refractivity contribution in [1.29, 1.82) is 0 Å². The second-order valence-corrected chi connectivity index (χ2v) is 9.07. The molecule has 4 aliphatic carbocycles. The Balaban J connectivity index is 1.62. The molecule has 0 heterocycles. The lowest BCUT2D eigenvalue weighted by Gasteiger charge is -2.57. The fourth-order valence-electron chi connectivity index (χ4n) is 7.48. The lowest BCUT2D eigenvalue weighted by atomic mass is 9.46. The quantitative estimate of drug-likeness (QED) is 0.844. The van der Waals surface area contributed by atoms with E-state index in [9.17, 15) is 9.90 Å². The van der Waals surface area contributed by atoms with Crippen LogP contribution in [-0.4, -0.2) is 24.1 Å². The number of aryl methyl sites for hydroxylation is 1. The SMILES string of the molecule is COc1ccc2c(c1)CC[C@@H]1[C@@H]2CC[C@]2(C)C(=O)C[C@H]3[C@H](O)CC[C@]132. The van der Waals surface area contributed by atoms with Crippen LogP contribution in [0.25, 0.3) is 0 Å². The third kappa shape index (κ3) is 1.78. The number of carbonyl (C=O) groups is 1. The summed E-state index contributed by atoms with van der Waals surface area (Å²) in [5, 5.41) is 10.7. The Bertz CT molecular complexity index is 741.